The van der Waals surface area contributed by atoms with Crippen molar-refractivity contribution in [3.8, 4) is 0 Å². The van der Waals surface area contributed by atoms with Gasteiger partial charge in [0.05, 0.1) is 5.60 Å². The summed E-state index contributed by atoms with van der Waals surface area (Å²) in [6.45, 7) is 4.54. The van der Waals surface area contributed by atoms with E-state index in [9.17, 15) is 14.4 Å². The topological polar surface area (TPSA) is 66.8 Å². The molecular formula is C29H59O4P. The summed E-state index contributed by atoms with van der Waals surface area (Å²) < 4.78 is 17.3. The molecule has 0 bridgehead atoms. The summed E-state index contributed by atoms with van der Waals surface area (Å²) in [5.41, 5.74) is -0.596. The second kappa shape index (κ2) is 20.2. The van der Waals surface area contributed by atoms with Gasteiger partial charge < -0.3 is 9.79 Å². The van der Waals surface area contributed by atoms with Crippen LogP contribution in [-0.2, 0) is 9.09 Å². The molecule has 0 spiro atoms. The Bertz CT molecular complexity index is 498. The molecule has 1 rings (SSSR count). The van der Waals surface area contributed by atoms with Crippen LogP contribution in [0.2, 0.25) is 0 Å². The predicted molar refractivity (Wildman–Crippen MR) is 146 cm³/mol. The highest BCUT2D eigenvalue weighted by Crippen LogP contribution is 2.50. The Morgan fingerprint density at radius 1 is 0.647 bits per heavy atom. The smallest absolute Gasteiger partial charge is 0.303 e. The zero-order valence-corrected chi connectivity index (χ0v) is 23.8. The van der Waals surface area contributed by atoms with Crippen molar-refractivity contribution >= 4 is 7.82 Å². The van der Waals surface area contributed by atoms with Crippen LogP contribution in [0.15, 0.2) is 0 Å². The van der Waals surface area contributed by atoms with Crippen LogP contribution in [0.25, 0.3) is 0 Å². The van der Waals surface area contributed by atoms with E-state index in [0.29, 0.717) is 5.92 Å². The SMILES string of the molecule is CCCCCCCCCCCC(CCCCCCCCCC)CC1(OP(=O)(O)O)CCCCC1. The lowest BCUT2D eigenvalue weighted by molar-refractivity contribution is -0.0185. The lowest BCUT2D eigenvalue weighted by Gasteiger charge is -2.39. The van der Waals surface area contributed by atoms with Crippen molar-refractivity contribution in [1.82, 2.24) is 0 Å². The third kappa shape index (κ3) is 17.5. The second-order valence-corrected chi connectivity index (χ2v) is 12.4. The van der Waals surface area contributed by atoms with Crippen molar-refractivity contribution in [3.63, 3.8) is 0 Å². The van der Waals surface area contributed by atoms with E-state index in [4.69, 9.17) is 4.52 Å². The van der Waals surface area contributed by atoms with Gasteiger partial charge in [-0.2, -0.15) is 0 Å². The van der Waals surface area contributed by atoms with E-state index >= 15 is 0 Å². The first kappa shape index (κ1) is 32.1. The quantitative estimate of drug-likeness (QED) is 0.108. The first-order chi connectivity index (χ1) is 16.4. The Hall–Kier alpha value is 0.110. The minimum absolute atomic E-state index is 0.536. The molecule has 0 amide bonds. The van der Waals surface area contributed by atoms with Gasteiger partial charge >= 0.3 is 7.82 Å². The van der Waals surface area contributed by atoms with Crippen LogP contribution < -0.4 is 0 Å². The Morgan fingerprint density at radius 3 is 1.41 bits per heavy atom. The van der Waals surface area contributed by atoms with Crippen LogP contribution in [0.5, 0.6) is 0 Å². The molecule has 0 heterocycles. The monoisotopic (exact) mass is 502 g/mol. The Morgan fingerprint density at radius 2 is 1.03 bits per heavy atom. The molecule has 34 heavy (non-hydrogen) atoms. The molecule has 5 heteroatoms. The van der Waals surface area contributed by atoms with Gasteiger partial charge in [-0.25, -0.2) is 4.57 Å². The molecule has 1 aliphatic rings. The van der Waals surface area contributed by atoms with Crippen molar-refractivity contribution in [2.45, 2.75) is 180 Å². The maximum atomic E-state index is 11.8. The number of phosphoric acid groups is 1. The largest absolute Gasteiger partial charge is 0.470 e. The summed E-state index contributed by atoms with van der Waals surface area (Å²) in [4.78, 5) is 19.2. The van der Waals surface area contributed by atoms with Gasteiger partial charge in [0.15, 0.2) is 0 Å². The highest BCUT2D eigenvalue weighted by Gasteiger charge is 2.40. The number of hydrogen-bond donors (Lipinski definition) is 2. The molecule has 0 saturated heterocycles. The maximum Gasteiger partial charge on any atom is 0.470 e. The third-order valence-electron chi connectivity index (χ3n) is 7.92. The molecule has 1 saturated carbocycles. The number of rotatable bonds is 23. The Kier molecular flexibility index (Phi) is 19.1. The van der Waals surface area contributed by atoms with Crippen LogP contribution >= 0.6 is 7.82 Å². The molecule has 0 aromatic carbocycles. The Labute approximate surface area is 212 Å². The molecule has 1 aliphatic carbocycles. The van der Waals surface area contributed by atoms with Gasteiger partial charge in [0, 0.05) is 0 Å². The average Bonchev–Trinajstić information content (AvgIpc) is 2.79. The average molecular weight is 503 g/mol. The Balaban J connectivity index is 2.46. The van der Waals surface area contributed by atoms with Gasteiger partial charge in [0.1, 0.15) is 0 Å². The lowest BCUT2D eigenvalue weighted by atomic mass is 9.76. The van der Waals surface area contributed by atoms with Gasteiger partial charge in [-0.3, -0.25) is 4.52 Å². The van der Waals surface area contributed by atoms with E-state index in [0.717, 1.165) is 38.5 Å². The fourth-order valence-electron chi connectivity index (χ4n) is 5.97. The first-order valence-corrected chi connectivity index (χ1v) is 16.7. The maximum absolute atomic E-state index is 11.8. The highest BCUT2D eigenvalue weighted by molar-refractivity contribution is 7.46. The van der Waals surface area contributed by atoms with E-state index in [1.165, 1.54) is 122 Å². The van der Waals surface area contributed by atoms with E-state index in [1.54, 1.807) is 0 Å². The minimum Gasteiger partial charge on any atom is -0.303 e. The summed E-state index contributed by atoms with van der Waals surface area (Å²) >= 11 is 0. The van der Waals surface area contributed by atoms with Crippen molar-refractivity contribution in [2.24, 2.45) is 5.92 Å². The van der Waals surface area contributed by atoms with Crippen LogP contribution in [0.4, 0.5) is 0 Å². The molecule has 1 fully saturated rings. The molecule has 4 nitrogen and oxygen atoms in total. The highest BCUT2D eigenvalue weighted by atomic mass is 31.2. The van der Waals surface area contributed by atoms with Crippen molar-refractivity contribution < 1.29 is 18.9 Å². The summed E-state index contributed by atoms with van der Waals surface area (Å²) in [6.07, 6.45) is 30.8. The minimum atomic E-state index is -4.46. The third-order valence-corrected chi connectivity index (χ3v) is 8.55. The fourth-order valence-corrected chi connectivity index (χ4v) is 6.73. The van der Waals surface area contributed by atoms with Crippen LogP contribution in [0, 0.1) is 5.92 Å². The fraction of sp³-hybridized carbons (Fsp3) is 1.00. The van der Waals surface area contributed by atoms with Gasteiger partial charge in [-0.05, 0) is 25.2 Å². The van der Waals surface area contributed by atoms with Crippen LogP contribution in [0.1, 0.15) is 174 Å². The van der Waals surface area contributed by atoms with Crippen molar-refractivity contribution in [1.29, 1.82) is 0 Å². The van der Waals surface area contributed by atoms with E-state index in [-0.39, 0.29) is 0 Å². The molecule has 0 aliphatic heterocycles. The summed E-state index contributed by atoms with van der Waals surface area (Å²) in [6, 6.07) is 0. The van der Waals surface area contributed by atoms with E-state index in [2.05, 4.69) is 13.8 Å². The van der Waals surface area contributed by atoms with Gasteiger partial charge in [-0.1, -0.05) is 155 Å². The molecular weight excluding hydrogens is 443 g/mol. The normalized spacial score (nSPS) is 17.2. The van der Waals surface area contributed by atoms with Gasteiger partial charge in [0.2, 0.25) is 0 Å². The summed E-state index contributed by atoms with van der Waals surface area (Å²) in [7, 11) is -4.46. The molecule has 1 unspecified atom stereocenters. The number of phosphoric ester groups is 1. The van der Waals surface area contributed by atoms with Crippen LogP contribution in [0.3, 0.4) is 0 Å². The number of hydrogen-bond acceptors (Lipinski definition) is 2. The molecule has 1 atom stereocenters. The van der Waals surface area contributed by atoms with Gasteiger partial charge in [-0.15, -0.1) is 0 Å². The lowest BCUT2D eigenvalue weighted by Crippen LogP contribution is -2.36. The first-order valence-electron chi connectivity index (χ1n) is 15.2. The zero-order valence-electron chi connectivity index (χ0n) is 22.9. The van der Waals surface area contributed by atoms with Crippen molar-refractivity contribution in [3.05, 3.63) is 0 Å². The molecule has 2 N–H and O–H groups in total. The standard InChI is InChI=1S/C29H59O4P/c1-3-5-7-9-11-13-15-17-20-24-28(23-19-16-14-12-10-8-6-4-2)27-29(33-34(30,31)32)25-21-18-22-26-29/h28H,3-27H2,1-2H3,(H2,30,31,32). The molecule has 0 aromatic heterocycles. The van der Waals surface area contributed by atoms with Crippen molar-refractivity contribution in [2.75, 3.05) is 0 Å². The van der Waals surface area contributed by atoms with E-state index < -0.39 is 13.4 Å². The number of unbranched alkanes of at least 4 members (excludes halogenated alkanes) is 15. The summed E-state index contributed by atoms with van der Waals surface area (Å²) in [5.74, 6) is 0.536. The van der Waals surface area contributed by atoms with E-state index in [1.807, 2.05) is 0 Å². The summed E-state index contributed by atoms with van der Waals surface area (Å²) in [5, 5.41) is 0. The zero-order chi connectivity index (χ0) is 25.0. The molecule has 204 valence electrons. The second-order valence-electron chi connectivity index (χ2n) is 11.3. The molecule has 0 aromatic rings. The van der Waals surface area contributed by atoms with Crippen LogP contribution in [-0.4, -0.2) is 15.4 Å². The predicted octanol–water partition coefficient (Wildman–Crippen LogP) is 10.3. The van der Waals surface area contributed by atoms with Gasteiger partial charge in [0.25, 0.3) is 0 Å². The molecule has 0 radical (unpaired) electrons.